The molecule has 0 spiro atoms. The second-order valence-electron chi connectivity index (χ2n) is 12.9. The maximum Gasteiger partial charge on any atom is 0.419 e. The lowest BCUT2D eigenvalue weighted by atomic mass is 10.1. The minimum atomic E-state index is -0.798. The third kappa shape index (κ3) is 8.86. The smallest absolute Gasteiger partial charge is 0.419 e. The van der Waals surface area contributed by atoms with Crippen LogP contribution >= 0.6 is 11.6 Å². The number of imide groups is 1. The largest absolute Gasteiger partial charge is 0.443 e. The van der Waals surface area contributed by atoms with Crippen molar-refractivity contribution in [1.29, 1.82) is 0 Å². The van der Waals surface area contributed by atoms with Gasteiger partial charge < -0.3 is 28.7 Å². The summed E-state index contributed by atoms with van der Waals surface area (Å²) in [6.45, 7) is 12.2. The van der Waals surface area contributed by atoms with Gasteiger partial charge in [-0.25, -0.2) is 14.5 Å². The van der Waals surface area contributed by atoms with Crippen LogP contribution in [0.25, 0.3) is 0 Å². The molecular weight excluding hydrogens is 586 g/mol. The van der Waals surface area contributed by atoms with Gasteiger partial charge in [0.2, 0.25) is 0 Å². The second kappa shape index (κ2) is 14.2. The number of nitrogens with zero attached hydrogens (tertiary/aromatic N) is 3. The monoisotopic (exact) mass is 629 g/mol. The highest BCUT2D eigenvalue weighted by Crippen LogP contribution is 2.41. The van der Waals surface area contributed by atoms with Gasteiger partial charge in [0, 0.05) is 31.3 Å². The second-order valence-corrected chi connectivity index (χ2v) is 13.3. The molecule has 11 heteroatoms. The van der Waals surface area contributed by atoms with Crippen LogP contribution in [-0.4, -0.2) is 73.3 Å². The molecule has 0 radical (unpaired) electrons. The Labute approximate surface area is 265 Å². The van der Waals surface area contributed by atoms with E-state index in [4.69, 9.17) is 30.5 Å². The maximum absolute atomic E-state index is 14.0. The highest BCUT2D eigenvalue weighted by atomic mass is 35.5. The Morgan fingerprint density at radius 3 is 2.14 bits per heavy atom. The molecule has 3 amide bonds. The zero-order valence-corrected chi connectivity index (χ0v) is 27.3. The van der Waals surface area contributed by atoms with Crippen LogP contribution in [0.15, 0.2) is 42.5 Å². The molecule has 4 rings (SSSR count). The summed E-state index contributed by atoms with van der Waals surface area (Å²) in [6, 6.07) is 12.8. The molecule has 2 aliphatic rings. The van der Waals surface area contributed by atoms with Gasteiger partial charge in [-0.2, -0.15) is 0 Å². The first-order valence-electron chi connectivity index (χ1n) is 15.2. The maximum atomic E-state index is 14.0. The number of carbonyl (C=O) groups is 3. The zero-order valence-electron chi connectivity index (χ0n) is 26.6. The van der Waals surface area contributed by atoms with E-state index < -0.39 is 23.4 Å². The zero-order chi connectivity index (χ0) is 32.1. The molecule has 2 heterocycles. The van der Waals surface area contributed by atoms with Crippen LogP contribution in [0.4, 0.5) is 26.7 Å². The summed E-state index contributed by atoms with van der Waals surface area (Å²) in [5, 5.41) is 0.481. The minimum absolute atomic E-state index is 0.0330. The highest BCUT2D eigenvalue weighted by molar-refractivity contribution is 6.31. The molecule has 10 nitrogen and oxygen atoms in total. The van der Waals surface area contributed by atoms with Gasteiger partial charge in [0.25, 0.3) is 5.91 Å². The van der Waals surface area contributed by atoms with Gasteiger partial charge in [-0.15, -0.1) is 0 Å². The number of halogens is 1. The van der Waals surface area contributed by atoms with Crippen LogP contribution in [0.1, 0.15) is 77.6 Å². The van der Waals surface area contributed by atoms with E-state index in [2.05, 4.69) is 0 Å². The Morgan fingerprint density at radius 1 is 0.909 bits per heavy atom. The molecule has 44 heavy (non-hydrogen) atoms. The number of fused-ring (bicyclic) bond motifs is 2. The first kappa shape index (κ1) is 33.6. The van der Waals surface area contributed by atoms with E-state index in [-0.39, 0.29) is 18.7 Å². The molecule has 1 saturated heterocycles. The van der Waals surface area contributed by atoms with Gasteiger partial charge in [0.1, 0.15) is 11.2 Å². The van der Waals surface area contributed by atoms with Crippen molar-refractivity contribution in [1.82, 2.24) is 4.90 Å². The number of rotatable bonds is 8. The van der Waals surface area contributed by atoms with E-state index in [0.717, 1.165) is 29.8 Å². The number of para-hydroxylation sites is 2. The Balaban J connectivity index is 1.60. The predicted molar refractivity (Wildman–Crippen MR) is 170 cm³/mol. The van der Waals surface area contributed by atoms with Gasteiger partial charge in [-0.3, -0.25) is 4.79 Å². The molecular formula is C33H44ClN3O7. The quantitative estimate of drug-likeness (QED) is 0.295. The average Bonchev–Trinajstić information content (AvgIpc) is 3.02. The molecule has 2 aromatic carbocycles. The summed E-state index contributed by atoms with van der Waals surface area (Å²) < 4.78 is 22.7. The molecule has 2 aliphatic heterocycles. The first-order chi connectivity index (χ1) is 20.7. The Kier molecular flexibility index (Phi) is 10.8. The molecule has 1 atom stereocenters. The fourth-order valence-electron chi connectivity index (χ4n) is 5.07. The third-order valence-corrected chi connectivity index (χ3v) is 7.17. The average molecular weight is 630 g/mol. The van der Waals surface area contributed by atoms with Crippen LogP contribution in [0.2, 0.25) is 5.02 Å². The lowest BCUT2D eigenvalue weighted by molar-refractivity contribution is -0.160. The number of benzene rings is 2. The Morgan fingerprint density at radius 2 is 1.55 bits per heavy atom. The van der Waals surface area contributed by atoms with E-state index >= 15 is 0 Å². The first-order valence-corrected chi connectivity index (χ1v) is 15.6. The van der Waals surface area contributed by atoms with Crippen LogP contribution < -0.4 is 9.80 Å². The third-order valence-electron chi connectivity index (χ3n) is 6.94. The molecule has 0 aromatic heterocycles. The van der Waals surface area contributed by atoms with Crippen molar-refractivity contribution in [2.75, 3.05) is 42.6 Å². The molecule has 0 aliphatic carbocycles. The van der Waals surface area contributed by atoms with Gasteiger partial charge in [-0.1, -0.05) is 23.7 Å². The number of hydrogen-bond acceptors (Lipinski definition) is 8. The summed E-state index contributed by atoms with van der Waals surface area (Å²) >= 11 is 6.45. The lowest BCUT2D eigenvalue weighted by Gasteiger charge is -2.30. The van der Waals surface area contributed by atoms with Crippen molar-refractivity contribution < 1.29 is 33.3 Å². The Bertz CT molecular complexity index is 1300. The SMILES string of the molecule is CC(C)(C)OC(=O)N(CCCN1c2cc(Cl)ccc2C(=O)N(CCOC2CCCCO2)c2ccccc21)C(=O)OC(C)(C)C. The molecule has 1 unspecified atom stereocenters. The van der Waals surface area contributed by atoms with Crippen molar-refractivity contribution in [2.24, 2.45) is 0 Å². The van der Waals surface area contributed by atoms with Crippen LogP contribution in [-0.2, 0) is 18.9 Å². The highest BCUT2D eigenvalue weighted by Gasteiger charge is 2.33. The molecule has 0 N–H and O–H groups in total. The van der Waals surface area contributed by atoms with Gasteiger partial charge in [-0.05, 0) is 97.6 Å². The number of ether oxygens (including phenoxy) is 4. The number of carbonyl (C=O) groups excluding carboxylic acids is 3. The molecule has 2 aromatic rings. The fraction of sp³-hybridized carbons (Fsp3) is 0.545. The van der Waals surface area contributed by atoms with Gasteiger partial charge in [0.05, 0.1) is 29.2 Å². The van der Waals surface area contributed by atoms with E-state index in [1.165, 1.54) is 0 Å². The fourth-order valence-corrected chi connectivity index (χ4v) is 5.24. The Hall–Kier alpha value is -3.34. The lowest BCUT2D eigenvalue weighted by Crippen LogP contribution is -2.44. The van der Waals surface area contributed by atoms with Crippen molar-refractivity contribution >= 4 is 46.8 Å². The van der Waals surface area contributed by atoms with Gasteiger partial charge in [0.15, 0.2) is 6.29 Å². The van der Waals surface area contributed by atoms with Crippen molar-refractivity contribution in [2.45, 2.75) is 84.7 Å². The van der Waals surface area contributed by atoms with E-state index in [1.807, 2.05) is 29.2 Å². The summed E-state index contributed by atoms with van der Waals surface area (Å²) in [5.41, 5.74) is 1.03. The standard InChI is InChI=1S/C33H44ClN3O7/c1-32(2,3)43-30(39)37(31(40)44-33(4,5)6)18-11-17-35-25-12-7-8-13-26(25)36(19-21-42-28-14-9-10-20-41-28)29(38)24-16-15-23(34)22-27(24)35/h7-8,12-13,15-16,22,28H,9-11,14,17-21H2,1-6H3. The van der Waals surface area contributed by atoms with Crippen molar-refractivity contribution in [3.05, 3.63) is 53.1 Å². The van der Waals surface area contributed by atoms with Gasteiger partial charge >= 0.3 is 12.2 Å². The summed E-state index contributed by atoms with van der Waals surface area (Å²) in [7, 11) is 0. The summed E-state index contributed by atoms with van der Waals surface area (Å²) in [4.78, 5) is 44.8. The normalized spacial score (nSPS) is 17.0. The van der Waals surface area contributed by atoms with E-state index in [1.54, 1.807) is 64.6 Å². The van der Waals surface area contributed by atoms with Crippen LogP contribution in [0.3, 0.4) is 0 Å². The molecule has 0 saturated carbocycles. The summed E-state index contributed by atoms with van der Waals surface area (Å²) in [5.74, 6) is -0.177. The van der Waals surface area contributed by atoms with Crippen LogP contribution in [0, 0.1) is 0 Å². The molecule has 240 valence electrons. The van der Waals surface area contributed by atoms with Crippen molar-refractivity contribution in [3.8, 4) is 0 Å². The van der Waals surface area contributed by atoms with Crippen molar-refractivity contribution in [3.63, 3.8) is 0 Å². The number of hydrogen-bond donors (Lipinski definition) is 0. The predicted octanol–water partition coefficient (Wildman–Crippen LogP) is 7.54. The van der Waals surface area contributed by atoms with E-state index in [9.17, 15) is 14.4 Å². The summed E-state index contributed by atoms with van der Waals surface area (Å²) in [6.07, 6.45) is 1.45. The van der Waals surface area contributed by atoms with E-state index in [0.29, 0.717) is 54.7 Å². The number of anilines is 3. The molecule has 0 bridgehead atoms. The molecule has 1 fully saturated rings. The topological polar surface area (TPSA) is 97.9 Å². The minimum Gasteiger partial charge on any atom is -0.443 e. The number of amides is 3. The van der Waals surface area contributed by atoms with Crippen LogP contribution in [0.5, 0.6) is 0 Å².